The van der Waals surface area contributed by atoms with Crippen molar-refractivity contribution in [1.29, 1.82) is 0 Å². The van der Waals surface area contributed by atoms with E-state index < -0.39 is 11.3 Å². The molecule has 27 heavy (non-hydrogen) atoms. The van der Waals surface area contributed by atoms with Crippen molar-refractivity contribution >= 4 is 5.78 Å². The molecule has 5 nitrogen and oxygen atoms in total. The van der Waals surface area contributed by atoms with Crippen LogP contribution >= 0.6 is 0 Å². The summed E-state index contributed by atoms with van der Waals surface area (Å²) in [5.41, 5.74) is 1.80. The molecule has 0 aliphatic heterocycles. The quantitative estimate of drug-likeness (QED) is 0.660. The van der Waals surface area contributed by atoms with Gasteiger partial charge in [0.2, 0.25) is 0 Å². The summed E-state index contributed by atoms with van der Waals surface area (Å²) < 4.78 is 0. The molecule has 140 valence electrons. The van der Waals surface area contributed by atoms with Crippen molar-refractivity contribution in [2.45, 2.75) is 26.2 Å². The fraction of sp³-hybridized carbons (Fsp3) is 0.227. The van der Waals surface area contributed by atoms with Gasteiger partial charge in [0.25, 0.3) is 0 Å². The predicted molar refractivity (Wildman–Crippen MR) is 102 cm³/mol. The summed E-state index contributed by atoms with van der Waals surface area (Å²) in [6, 6.07) is 7.52. The highest BCUT2D eigenvalue weighted by molar-refractivity contribution is 5.97. The summed E-state index contributed by atoms with van der Waals surface area (Å²) in [7, 11) is 0. The highest BCUT2D eigenvalue weighted by Gasteiger charge is 2.44. The number of benzene rings is 2. The van der Waals surface area contributed by atoms with Crippen LogP contribution in [0.4, 0.5) is 0 Å². The lowest BCUT2D eigenvalue weighted by atomic mass is 9.62. The van der Waals surface area contributed by atoms with Crippen LogP contribution in [-0.2, 0) is 10.2 Å². The van der Waals surface area contributed by atoms with Crippen molar-refractivity contribution in [1.82, 2.24) is 0 Å². The normalized spacial score (nSPS) is 18.9. The van der Waals surface area contributed by atoms with Gasteiger partial charge in [-0.1, -0.05) is 19.1 Å². The van der Waals surface area contributed by atoms with Crippen molar-refractivity contribution in [2.24, 2.45) is 5.92 Å². The van der Waals surface area contributed by atoms with E-state index in [0.29, 0.717) is 5.56 Å². The van der Waals surface area contributed by atoms with Crippen molar-refractivity contribution in [3.05, 3.63) is 76.6 Å². The van der Waals surface area contributed by atoms with E-state index in [-0.39, 0.29) is 28.8 Å². The summed E-state index contributed by atoms with van der Waals surface area (Å²) in [4.78, 5) is 12.8. The Balaban J connectivity index is 2.35. The number of ketones is 1. The maximum atomic E-state index is 12.8. The van der Waals surface area contributed by atoms with Gasteiger partial charge in [-0.05, 0) is 54.8 Å². The molecule has 0 radical (unpaired) electrons. The Morgan fingerprint density at radius 2 is 1.56 bits per heavy atom. The molecule has 0 spiro atoms. The van der Waals surface area contributed by atoms with E-state index in [0.717, 1.165) is 16.7 Å². The van der Waals surface area contributed by atoms with Gasteiger partial charge >= 0.3 is 0 Å². The molecule has 5 heteroatoms. The molecule has 4 N–H and O–H groups in total. The summed E-state index contributed by atoms with van der Waals surface area (Å²) in [5, 5.41) is 39.9. The second-order valence-electron chi connectivity index (χ2n) is 7.17. The Labute approximate surface area is 157 Å². The van der Waals surface area contributed by atoms with E-state index in [9.17, 15) is 25.2 Å². The molecule has 0 amide bonds. The van der Waals surface area contributed by atoms with Crippen LogP contribution in [0.1, 0.15) is 29.2 Å². The number of carbonyl (C=O) groups excluding carboxylic acids is 1. The van der Waals surface area contributed by atoms with Gasteiger partial charge in [0.05, 0.1) is 5.92 Å². The zero-order valence-corrected chi connectivity index (χ0v) is 15.4. The number of carbonyl (C=O) groups is 1. The van der Waals surface area contributed by atoms with Crippen LogP contribution < -0.4 is 0 Å². The molecule has 0 bridgehead atoms. The molecule has 1 aliphatic carbocycles. The Morgan fingerprint density at radius 3 is 2.11 bits per heavy atom. The summed E-state index contributed by atoms with van der Waals surface area (Å²) in [6.07, 6.45) is 4.26. The lowest BCUT2D eigenvalue weighted by Gasteiger charge is -2.39. The number of aryl methyl sites for hydroxylation is 2. The first-order valence-corrected chi connectivity index (χ1v) is 8.60. The molecule has 2 unspecified atom stereocenters. The molecule has 2 aromatic rings. The van der Waals surface area contributed by atoms with Crippen LogP contribution in [0.3, 0.4) is 0 Å². The van der Waals surface area contributed by atoms with Crippen LogP contribution in [0.25, 0.3) is 0 Å². The van der Waals surface area contributed by atoms with Crippen LogP contribution in [-0.4, -0.2) is 26.2 Å². The maximum absolute atomic E-state index is 12.8. The van der Waals surface area contributed by atoms with E-state index >= 15 is 0 Å². The molecule has 0 heterocycles. The number of hydrogen-bond donors (Lipinski definition) is 4. The molecule has 0 saturated heterocycles. The van der Waals surface area contributed by atoms with E-state index in [1.54, 1.807) is 24.3 Å². The smallest absolute Gasteiger partial charge is 0.167 e. The minimum atomic E-state index is -0.996. The number of allylic oxidation sites excluding steroid dienone is 3. The number of aliphatic hydroxyl groups is 1. The van der Waals surface area contributed by atoms with Gasteiger partial charge in [0, 0.05) is 23.1 Å². The average Bonchev–Trinajstić information content (AvgIpc) is 2.53. The Morgan fingerprint density at radius 1 is 0.926 bits per heavy atom. The molecule has 0 aromatic heterocycles. The summed E-state index contributed by atoms with van der Waals surface area (Å²) >= 11 is 0. The first kappa shape index (κ1) is 18.6. The summed E-state index contributed by atoms with van der Waals surface area (Å²) in [5.74, 6) is -1.20. The van der Waals surface area contributed by atoms with Gasteiger partial charge in [-0.15, -0.1) is 0 Å². The third-order valence-electron chi connectivity index (χ3n) is 5.26. The molecular weight excluding hydrogens is 344 g/mol. The van der Waals surface area contributed by atoms with E-state index in [2.05, 4.69) is 0 Å². The highest BCUT2D eigenvalue weighted by Crippen LogP contribution is 2.48. The van der Waals surface area contributed by atoms with E-state index in [1.807, 2.05) is 20.8 Å². The number of aromatic hydroxyl groups is 3. The minimum absolute atomic E-state index is 0.0826. The number of hydrogen-bond acceptors (Lipinski definition) is 5. The third kappa shape index (κ3) is 3.05. The molecule has 0 fully saturated rings. The monoisotopic (exact) mass is 366 g/mol. The fourth-order valence-corrected chi connectivity index (χ4v) is 4.23. The molecule has 2 atom stereocenters. The van der Waals surface area contributed by atoms with Crippen LogP contribution in [0.15, 0.2) is 54.3 Å². The van der Waals surface area contributed by atoms with Crippen LogP contribution in [0.2, 0.25) is 0 Å². The first-order valence-electron chi connectivity index (χ1n) is 8.60. The lowest BCUT2D eigenvalue weighted by molar-refractivity contribution is -0.118. The topological polar surface area (TPSA) is 98.0 Å². The maximum Gasteiger partial charge on any atom is 0.167 e. The summed E-state index contributed by atoms with van der Waals surface area (Å²) in [6.45, 7) is 5.51. The van der Waals surface area contributed by atoms with Crippen molar-refractivity contribution < 1.29 is 25.2 Å². The fourth-order valence-electron chi connectivity index (χ4n) is 4.23. The zero-order chi connectivity index (χ0) is 19.9. The largest absolute Gasteiger partial charge is 0.508 e. The van der Waals surface area contributed by atoms with Gasteiger partial charge in [0.1, 0.15) is 23.0 Å². The number of phenolic OH excluding ortho intramolecular Hbond substituents is 3. The van der Waals surface area contributed by atoms with Crippen molar-refractivity contribution in [3.63, 3.8) is 0 Å². The van der Waals surface area contributed by atoms with E-state index in [4.69, 9.17) is 0 Å². The first-order chi connectivity index (χ1) is 12.6. The van der Waals surface area contributed by atoms with Gasteiger partial charge in [-0.2, -0.15) is 0 Å². The number of phenols is 3. The minimum Gasteiger partial charge on any atom is -0.508 e. The molecular formula is C22H22O5. The van der Waals surface area contributed by atoms with Gasteiger partial charge < -0.3 is 20.4 Å². The highest BCUT2D eigenvalue weighted by atomic mass is 16.3. The standard InChI is InChI=1S/C22H22O5/c1-12-8-16(25)9-13(2)21(12)22(3,17-6-4-14(23)10-19(17)26)18-7-5-15(24)11-20(18)27/h4-11,17,23-25,27H,1-3H3. The van der Waals surface area contributed by atoms with E-state index in [1.165, 1.54) is 24.3 Å². The van der Waals surface area contributed by atoms with Gasteiger partial charge in [-0.3, -0.25) is 4.79 Å². The zero-order valence-electron chi connectivity index (χ0n) is 15.4. The molecule has 1 aliphatic rings. The third-order valence-corrected chi connectivity index (χ3v) is 5.26. The van der Waals surface area contributed by atoms with Gasteiger partial charge in [-0.25, -0.2) is 0 Å². The van der Waals surface area contributed by atoms with Crippen molar-refractivity contribution in [3.8, 4) is 17.2 Å². The van der Waals surface area contributed by atoms with Crippen LogP contribution in [0.5, 0.6) is 17.2 Å². The SMILES string of the molecule is Cc1cc(O)cc(C)c1C(C)(c1ccc(O)cc1O)C1C=CC(O)=CC1=O. The Bertz CT molecular complexity index is 963. The second kappa shape index (κ2) is 6.50. The molecule has 2 aromatic carbocycles. The predicted octanol–water partition coefficient (Wildman–Crippen LogP) is 3.92. The lowest BCUT2D eigenvalue weighted by Crippen LogP contribution is -2.39. The molecule has 3 rings (SSSR count). The second-order valence-corrected chi connectivity index (χ2v) is 7.17. The van der Waals surface area contributed by atoms with Gasteiger partial charge in [0.15, 0.2) is 5.78 Å². The number of aliphatic hydroxyl groups excluding tert-OH is 1. The average molecular weight is 366 g/mol. The van der Waals surface area contributed by atoms with Crippen LogP contribution in [0, 0.1) is 19.8 Å². The Kier molecular flexibility index (Phi) is 4.47. The Hall–Kier alpha value is -3.21. The van der Waals surface area contributed by atoms with Crippen molar-refractivity contribution in [2.75, 3.05) is 0 Å². The molecule has 0 saturated carbocycles. The number of rotatable bonds is 3.